The summed E-state index contributed by atoms with van der Waals surface area (Å²) in [6.07, 6.45) is -3.18. The molecule has 1 aromatic rings. The minimum Gasteiger partial charge on any atom is -0.494 e. The van der Waals surface area contributed by atoms with E-state index >= 15 is 0 Å². The van der Waals surface area contributed by atoms with Gasteiger partial charge in [-0.05, 0) is 30.7 Å². The molecule has 2 unspecified atom stereocenters. The van der Waals surface area contributed by atoms with Gasteiger partial charge in [-0.2, -0.15) is 0 Å². The van der Waals surface area contributed by atoms with Crippen LogP contribution in [0.4, 0.5) is 0 Å². The number of nitrogens with zero attached hydrogens (tertiary/aromatic N) is 3. The van der Waals surface area contributed by atoms with Gasteiger partial charge < -0.3 is 23.7 Å². The van der Waals surface area contributed by atoms with Crippen LogP contribution in [0.5, 0.6) is 5.75 Å². The third-order valence-corrected chi connectivity index (χ3v) is 5.36. The molecule has 1 aromatic carbocycles. The Bertz CT molecular complexity index is 876. The maximum Gasteiger partial charge on any atom is 0.303 e. The lowest BCUT2D eigenvalue weighted by Gasteiger charge is -2.43. The fourth-order valence-corrected chi connectivity index (χ4v) is 4.27. The number of azide groups is 1. The van der Waals surface area contributed by atoms with Crippen LogP contribution in [0.15, 0.2) is 34.3 Å². The van der Waals surface area contributed by atoms with E-state index in [4.69, 9.17) is 29.2 Å². The van der Waals surface area contributed by atoms with Gasteiger partial charge in [0.25, 0.3) is 0 Å². The van der Waals surface area contributed by atoms with Gasteiger partial charge in [0.05, 0.1) is 6.61 Å². The first kappa shape index (κ1) is 25.3. The number of rotatable bonds is 9. The quantitative estimate of drug-likeness (QED) is 0.176. The summed E-state index contributed by atoms with van der Waals surface area (Å²) in [5.74, 6) is -1.23. The first-order valence-electron chi connectivity index (χ1n) is 9.82. The Kier molecular flexibility index (Phi) is 9.63. The molecule has 1 heterocycles. The monoisotopic (exact) mass is 467 g/mol. The van der Waals surface area contributed by atoms with Crippen molar-refractivity contribution in [3.05, 3.63) is 34.7 Å². The van der Waals surface area contributed by atoms with Gasteiger partial charge in [0.1, 0.15) is 42.1 Å². The van der Waals surface area contributed by atoms with Crippen LogP contribution in [-0.2, 0) is 33.3 Å². The van der Waals surface area contributed by atoms with Gasteiger partial charge in [-0.15, -0.1) is 0 Å². The van der Waals surface area contributed by atoms with Crippen LogP contribution in [0.1, 0.15) is 27.7 Å². The number of carbonyl (C=O) groups excluding carboxylic acids is 3. The molecule has 12 heteroatoms. The smallest absolute Gasteiger partial charge is 0.303 e. The lowest BCUT2D eigenvalue weighted by molar-refractivity contribution is -0.201. The molecular formula is C20H25N3O8S. The lowest BCUT2D eigenvalue weighted by Crippen LogP contribution is -2.59. The molecule has 1 saturated heterocycles. The molecule has 2 rings (SSSR count). The van der Waals surface area contributed by atoms with E-state index in [0.29, 0.717) is 12.4 Å². The molecule has 0 bridgehead atoms. The molecular weight excluding hydrogens is 442 g/mol. The fourth-order valence-electron chi connectivity index (χ4n) is 3.11. The van der Waals surface area contributed by atoms with Gasteiger partial charge in [0, 0.05) is 30.6 Å². The molecule has 0 amide bonds. The fraction of sp³-hybridized carbons (Fsp3) is 0.550. The normalized spacial score (nSPS) is 24.6. The summed E-state index contributed by atoms with van der Waals surface area (Å²) in [7, 11) is 0. The van der Waals surface area contributed by atoms with Crippen molar-refractivity contribution in [2.24, 2.45) is 5.11 Å². The second-order valence-corrected chi connectivity index (χ2v) is 7.89. The van der Waals surface area contributed by atoms with Crippen LogP contribution in [-0.4, -0.2) is 60.9 Å². The summed E-state index contributed by atoms with van der Waals surface area (Å²) in [4.78, 5) is 38.4. The molecule has 1 aliphatic rings. The molecule has 5 atom stereocenters. The number of carbonyl (C=O) groups is 3. The van der Waals surface area contributed by atoms with Crippen molar-refractivity contribution in [3.63, 3.8) is 0 Å². The van der Waals surface area contributed by atoms with Crippen LogP contribution in [0.2, 0.25) is 0 Å². The van der Waals surface area contributed by atoms with Gasteiger partial charge in [-0.1, -0.05) is 22.9 Å². The predicted octanol–water partition coefficient (Wildman–Crippen LogP) is 3.01. The third kappa shape index (κ3) is 7.33. The number of hydrogen-bond acceptors (Lipinski definition) is 10. The number of thioether (sulfide) groups is 1. The summed E-state index contributed by atoms with van der Waals surface area (Å²) in [5, 5.41) is 3.74. The third-order valence-electron chi connectivity index (χ3n) is 4.23. The molecule has 1 fully saturated rings. The highest BCUT2D eigenvalue weighted by Crippen LogP contribution is 2.38. The molecule has 1 aliphatic heterocycles. The summed E-state index contributed by atoms with van der Waals surface area (Å²) in [6, 6.07) is 6.06. The first-order valence-corrected chi connectivity index (χ1v) is 10.7. The summed E-state index contributed by atoms with van der Waals surface area (Å²) in [6.45, 7) is 5.69. The second-order valence-electron chi connectivity index (χ2n) is 6.71. The Labute approximate surface area is 189 Å². The maximum absolute atomic E-state index is 11.8. The van der Waals surface area contributed by atoms with Crippen molar-refractivity contribution in [1.29, 1.82) is 0 Å². The highest BCUT2D eigenvalue weighted by atomic mass is 32.2. The van der Waals surface area contributed by atoms with Crippen molar-refractivity contribution in [1.82, 2.24) is 0 Å². The zero-order chi connectivity index (χ0) is 23.7. The van der Waals surface area contributed by atoms with Crippen molar-refractivity contribution < 1.29 is 38.1 Å². The highest BCUT2D eigenvalue weighted by molar-refractivity contribution is 7.99. The van der Waals surface area contributed by atoms with Gasteiger partial charge in [-0.3, -0.25) is 14.4 Å². The summed E-state index contributed by atoms with van der Waals surface area (Å²) in [5.41, 5.74) is 8.26. The summed E-state index contributed by atoms with van der Waals surface area (Å²) < 4.78 is 27.4. The Morgan fingerprint density at radius 2 is 1.81 bits per heavy atom. The molecule has 11 nitrogen and oxygen atoms in total. The maximum atomic E-state index is 11.8. The number of ether oxygens (including phenoxy) is 5. The van der Waals surface area contributed by atoms with E-state index in [1.807, 2.05) is 13.0 Å². The molecule has 0 N–H and O–H groups in total. The van der Waals surface area contributed by atoms with Gasteiger partial charge in [-0.25, -0.2) is 0 Å². The van der Waals surface area contributed by atoms with Gasteiger partial charge in [0.15, 0.2) is 0 Å². The molecule has 32 heavy (non-hydrogen) atoms. The van der Waals surface area contributed by atoms with E-state index < -0.39 is 47.7 Å². The van der Waals surface area contributed by atoms with E-state index in [2.05, 4.69) is 10.0 Å². The molecule has 0 radical (unpaired) electrons. The van der Waals surface area contributed by atoms with Gasteiger partial charge in [0.2, 0.25) is 0 Å². The molecule has 0 saturated carbocycles. The SMILES string of the molecule is CCOc1cccc(S[C@H]2OC(COC(C)=O)[C@H](OC(C)=O)[C@H](N=[N+]=[N-])C2OC(C)=O)c1. The van der Waals surface area contributed by atoms with E-state index in [-0.39, 0.29) is 6.61 Å². The first-order chi connectivity index (χ1) is 15.2. The van der Waals surface area contributed by atoms with Crippen LogP contribution in [0.25, 0.3) is 10.4 Å². The zero-order valence-corrected chi connectivity index (χ0v) is 18.9. The standard InChI is InChI=1S/C20H25N3O8S/c1-5-27-14-7-6-8-15(9-14)32-20-19(30-13(4)26)17(22-23-21)18(29-12(3)25)16(31-20)10-28-11(2)24/h6-9,16-20H,5,10H2,1-4H3/t16?,17-,18-,19?,20+/m0/s1. The van der Waals surface area contributed by atoms with E-state index in [1.165, 1.54) is 32.5 Å². The Morgan fingerprint density at radius 3 is 2.41 bits per heavy atom. The Morgan fingerprint density at radius 1 is 1.12 bits per heavy atom. The van der Waals surface area contributed by atoms with Crippen molar-refractivity contribution in [2.45, 2.75) is 62.4 Å². The minimum atomic E-state index is -1.14. The molecule has 0 aromatic heterocycles. The van der Waals surface area contributed by atoms with E-state index in [9.17, 15) is 14.4 Å². The molecule has 0 spiro atoms. The molecule has 0 aliphatic carbocycles. The minimum absolute atomic E-state index is 0.256. The Balaban J connectivity index is 2.42. The molecule has 174 valence electrons. The summed E-state index contributed by atoms with van der Waals surface area (Å²) >= 11 is 1.20. The van der Waals surface area contributed by atoms with Crippen LogP contribution in [0.3, 0.4) is 0 Å². The van der Waals surface area contributed by atoms with Crippen LogP contribution >= 0.6 is 11.8 Å². The van der Waals surface area contributed by atoms with Gasteiger partial charge >= 0.3 is 17.9 Å². The zero-order valence-electron chi connectivity index (χ0n) is 18.1. The van der Waals surface area contributed by atoms with Crippen molar-refractivity contribution in [2.75, 3.05) is 13.2 Å². The van der Waals surface area contributed by atoms with Crippen molar-refractivity contribution in [3.8, 4) is 5.75 Å². The van der Waals surface area contributed by atoms with Crippen LogP contribution in [0, 0.1) is 0 Å². The average molecular weight is 468 g/mol. The largest absolute Gasteiger partial charge is 0.494 e. The average Bonchev–Trinajstić information content (AvgIpc) is 2.71. The number of hydrogen-bond donors (Lipinski definition) is 0. The Hall–Kier alpha value is -2.95. The topological polar surface area (TPSA) is 146 Å². The van der Waals surface area contributed by atoms with Crippen LogP contribution < -0.4 is 4.74 Å². The highest BCUT2D eigenvalue weighted by Gasteiger charge is 2.50. The second kappa shape index (κ2) is 12.2. The number of esters is 3. The predicted molar refractivity (Wildman–Crippen MR) is 113 cm³/mol. The number of benzene rings is 1. The lowest BCUT2D eigenvalue weighted by atomic mass is 9.97. The van der Waals surface area contributed by atoms with Crippen molar-refractivity contribution >= 4 is 29.7 Å². The van der Waals surface area contributed by atoms with E-state index in [0.717, 1.165) is 4.90 Å². The van der Waals surface area contributed by atoms with E-state index in [1.54, 1.807) is 18.2 Å².